The maximum absolute atomic E-state index is 11.1. The van der Waals surface area contributed by atoms with E-state index in [9.17, 15) is 4.79 Å². The topological polar surface area (TPSA) is 17.1 Å². The summed E-state index contributed by atoms with van der Waals surface area (Å²) in [7, 11) is 0. The van der Waals surface area contributed by atoms with Crippen LogP contribution >= 0.6 is 51.1 Å². The summed E-state index contributed by atoms with van der Waals surface area (Å²) in [4.78, 5) is 12.1. The van der Waals surface area contributed by atoms with E-state index < -0.39 is 0 Å². The molecule has 0 aromatic heterocycles. The predicted molar refractivity (Wildman–Crippen MR) is 68.9 cm³/mol. The summed E-state index contributed by atoms with van der Waals surface area (Å²) >= 11 is 9.58. The number of carbonyl (C=O) groups excluding carboxylic acids is 1. The largest absolute Gasteiger partial charge is 0.298 e. The Morgan fingerprint density at radius 3 is 2.77 bits per heavy atom. The Balaban J connectivity index is 2.83. The highest BCUT2D eigenvalue weighted by atomic mass is 127. The van der Waals surface area contributed by atoms with Gasteiger partial charge in [0.15, 0.2) is 0 Å². The van der Waals surface area contributed by atoms with Crippen LogP contribution in [0.15, 0.2) is 23.1 Å². The molecule has 0 atom stereocenters. The van der Waals surface area contributed by atoms with Crippen LogP contribution < -0.4 is 0 Å². The number of alkyl halides is 1. The summed E-state index contributed by atoms with van der Waals surface area (Å²) in [6, 6.07) is 5.81. The standard InChI is InChI=1S/C9H8BrIOS/c10-5-7(12)3-6-1-2-8(13)4-9(6)11/h1-2,4,13H,3,5H2. The molecule has 1 rings (SSSR count). The zero-order chi connectivity index (χ0) is 9.84. The average Bonchev–Trinajstić information content (AvgIpc) is 2.09. The van der Waals surface area contributed by atoms with Crippen molar-refractivity contribution in [3.05, 3.63) is 27.3 Å². The van der Waals surface area contributed by atoms with Gasteiger partial charge in [-0.25, -0.2) is 0 Å². The van der Waals surface area contributed by atoms with Crippen LogP contribution in [0.25, 0.3) is 0 Å². The fraction of sp³-hybridized carbons (Fsp3) is 0.222. The third-order valence-corrected chi connectivity index (χ3v) is 3.48. The molecule has 0 saturated heterocycles. The Morgan fingerprint density at radius 1 is 1.54 bits per heavy atom. The van der Waals surface area contributed by atoms with Crippen LogP contribution in [0.1, 0.15) is 5.56 Å². The molecule has 0 saturated carbocycles. The molecule has 13 heavy (non-hydrogen) atoms. The van der Waals surface area contributed by atoms with Crippen molar-refractivity contribution in [2.75, 3.05) is 5.33 Å². The first-order valence-corrected chi connectivity index (χ1v) is 6.33. The first-order chi connectivity index (χ1) is 6.13. The molecule has 1 aromatic carbocycles. The lowest BCUT2D eigenvalue weighted by molar-refractivity contribution is -0.115. The lowest BCUT2D eigenvalue weighted by Gasteiger charge is -2.02. The first-order valence-electron chi connectivity index (χ1n) is 3.68. The van der Waals surface area contributed by atoms with E-state index in [0.717, 1.165) is 14.0 Å². The lowest BCUT2D eigenvalue weighted by Crippen LogP contribution is -2.04. The van der Waals surface area contributed by atoms with Crippen molar-refractivity contribution in [2.24, 2.45) is 0 Å². The van der Waals surface area contributed by atoms with Crippen molar-refractivity contribution in [3.63, 3.8) is 0 Å². The van der Waals surface area contributed by atoms with Crippen LogP contribution in [0, 0.1) is 3.57 Å². The van der Waals surface area contributed by atoms with E-state index in [1.165, 1.54) is 0 Å². The van der Waals surface area contributed by atoms with E-state index in [2.05, 4.69) is 51.1 Å². The van der Waals surface area contributed by atoms with Crippen molar-refractivity contribution < 1.29 is 4.79 Å². The number of carbonyl (C=O) groups is 1. The second-order valence-electron chi connectivity index (χ2n) is 2.62. The van der Waals surface area contributed by atoms with E-state index in [4.69, 9.17) is 0 Å². The maximum Gasteiger partial charge on any atom is 0.147 e. The smallest absolute Gasteiger partial charge is 0.147 e. The van der Waals surface area contributed by atoms with Crippen molar-refractivity contribution in [2.45, 2.75) is 11.3 Å². The van der Waals surface area contributed by atoms with Gasteiger partial charge in [0.05, 0.1) is 5.33 Å². The highest BCUT2D eigenvalue weighted by molar-refractivity contribution is 14.1. The fourth-order valence-corrected chi connectivity index (χ4v) is 2.29. The minimum Gasteiger partial charge on any atom is -0.298 e. The van der Waals surface area contributed by atoms with Gasteiger partial charge in [0.1, 0.15) is 5.78 Å². The van der Waals surface area contributed by atoms with E-state index in [0.29, 0.717) is 11.8 Å². The summed E-state index contributed by atoms with van der Waals surface area (Å²) in [5, 5.41) is 0.422. The Labute approximate surface area is 105 Å². The van der Waals surface area contributed by atoms with Crippen LogP contribution in [0.2, 0.25) is 0 Å². The van der Waals surface area contributed by atoms with Gasteiger partial charge in [0.2, 0.25) is 0 Å². The molecule has 0 bridgehead atoms. The second kappa shape index (κ2) is 5.36. The van der Waals surface area contributed by atoms with E-state index in [1.54, 1.807) is 0 Å². The Hall–Kier alpha value is 0.450. The van der Waals surface area contributed by atoms with Crippen LogP contribution in [-0.2, 0) is 11.2 Å². The molecule has 0 heterocycles. The zero-order valence-electron chi connectivity index (χ0n) is 6.76. The van der Waals surface area contributed by atoms with Gasteiger partial charge < -0.3 is 0 Å². The molecule has 0 aliphatic rings. The van der Waals surface area contributed by atoms with Gasteiger partial charge >= 0.3 is 0 Å². The molecule has 0 unspecified atom stereocenters. The number of rotatable bonds is 3. The number of thiol groups is 1. The Morgan fingerprint density at radius 2 is 2.23 bits per heavy atom. The average molecular weight is 371 g/mol. The summed E-state index contributed by atoms with van der Waals surface area (Å²) in [5.74, 6) is 0.199. The maximum atomic E-state index is 11.1. The summed E-state index contributed by atoms with van der Waals surface area (Å²) in [5.41, 5.74) is 1.07. The van der Waals surface area contributed by atoms with Crippen LogP contribution in [0.3, 0.4) is 0 Å². The molecule has 1 aromatic rings. The van der Waals surface area contributed by atoms with Gasteiger partial charge in [-0.3, -0.25) is 4.79 Å². The number of hydrogen-bond acceptors (Lipinski definition) is 2. The molecule has 0 radical (unpaired) electrons. The lowest BCUT2D eigenvalue weighted by atomic mass is 10.1. The zero-order valence-corrected chi connectivity index (χ0v) is 11.4. The molecule has 4 heteroatoms. The molecule has 0 aliphatic heterocycles. The molecule has 70 valence electrons. The first kappa shape index (κ1) is 11.5. The quantitative estimate of drug-likeness (QED) is 0.491. The SMILES string of the molecule is O=C(CBr)Cc1ccc(S)cc1I. The van der Waals surface area contributed by atoms with Crippen molar-refractivity contribution in [3.8, 4) is 0 Å². The Kier molecular flexibility index (Phi) is 4.75. The van der Waals surface area contributed by atoms with Crippen LogP contribution in [0.4, 0.5) is 0 Å². The molecule has 0 fully saturated rings. The molecular formula is C9H8BrIOS. The number of Topliss-reactive ketones (excluding diaryl/α,β-unsaturated/α-hetero) is 1. The third kappa shape index (κ3) is 3.59. The van der Waals surface area contributed by atoms with Gasteiger partial charge in [-0.2, -0.15) is 0 Å². The second-order valence-corrected chi connectivity index (χ2v) is 4.86. The van der Waals surface area contributed by atoms with E-state index >= 15 is 0 Å². The van der Waals surface area contributed by atoms with Gasteiger partial charge in [0.25, 0.3) is 0 Å². The van der Waals surface area contributed by atoms with Crippen molar-refractivity contribution in [1.82, 2.24) is 0 Å². The normalized spacial score (nSPS) is 10.1. The molecule has 0 spiro atoms. The fourth-order valence-electron chi connectivity index (χ4n) is 0.939. The number of hydrogen-bond donors (Lipinski definition) is 1. The highest BCUT2D eigenvalue weighted by Gasteiger charge is 2.05. The van der Waals surface area contributed by atoms with Gasteiger partial charge in [-0.05, 0) is 40.3 Å². The van der Waals surface area contributed by atoms with Crippen molar-refractivity contribution >= 4 is 56.9 Å². The number of ketones is 1. The van der Waals surface area contributed by atoms with Crippen LogP contribution in [-0.4, -0.2) is 11.1 Å². The number of benzene rings is 1. The molecule has 0 aliphatic carbocycles. The minimum atomic E-state index is 0.199. The molecular weight excluding hydrogens is 363 g/mol. The molecule has 0 N–H and O–H groups in total. The Bertz CT molecular complexity index is 327. The van der Waals surface area contributed by atoms with Gasteiger partial charge in [0, 0.05) is 14.9 Å². The van der Waals surface area contributed by atoms with Crippen molar-refractivity contribution in [1.29, 1.82) is 0 Å². The monoisotopic (exact) mass is 370 g/mol. The summed E-state index contributed by atoms with van der Waals surface area (Å²) < 4.78 is 1.10. The predicted octanol–water partition coefficient (Wildman–Crippen LogP) is 3.09. The molecule has 1 nitrogen and oxygen atoms in total. The summed E-state index contributed by atoms with van der Waals surface area (Å²) in [6.45, 7) is 0. The van der Waals surface area contributed by atoms with E-state index in [-0.39, 0.29) is 5.78 Å². The number of halogens is 2. The van der Waals surface area contributed by atoms with E-state index in [1.807, 2.05) is 18.2 Å². The minimum absolute atomic E-state index is 0.199. The summed E-state index contributed by atoms with van der Waals surface area (Å²) in [6.07, 6.45) is 0.498. The van der Waals surface area contributed by atoms with Gasteiger partial charge in [-0.15, -0.1) is 12.6 Å². The molecule has 0 amide bonds. The van der Waals surface area contributed by atoms with Gasteiger partial charge in [-0.1, -0.05) is 22.0 Å². The third-order valence-electron chi connectivity index (χ3n) is 1.57. The van der Waals surface area contributed by atoms with Crippen LogP contribution in [0.5, 0.6) is 0 Å². The highest BCUT2D eigenvalue weighted by Crippen LogP contribution is 2.17.